The Kier molecular flexibility index (Phi) is 3.23. The molecule has 0 fully saturated rings. The van der Waals surface area contributed by atoms with Crippen LogP contribution in [0.4, 0.5) is 5.88 Å². The fraction of sp³-hybridized carbons (Fsp3) is 0.500. The predicted octanol–water partition coefficient (Wildman–Crippen LogP) is 0.337. The summed E-state index contributed by atoms with van der Waals surface area (Å²) < 4.78 is 7.03. The van der Waals surface area contributed by atoms with Crippen LogP contribution in [0.3, 0.4) is 0 Å². The van der Waals surface area contributed by atoms with Gasteiger partial charge in [-0.1, -0.05) is 5.16 Å². The molecular weight excluding hydrogens is 260 g/mol. The number of rotatable bonds is 3. The van der Waals surface area contributed by atoms with Crippen LogP contribution in [0.5, 0.6) is 0 Å². The molecule has 106 valence electrons. The molecule has 2 aromatic heterocycles. The van der Waals surface area contributed by atoms with Gasteiger partial charge in [0.15, 0.2) is 0 Å². The normalized spacial score (nSPS) is 15.1. The molecule has 0 saturated carbocycles. The summed E-state index contributed by atoms with van der Waals surface area (Å²) in [5.74, 6) is 2.08. The van der Waals surface area contributed by atoms with E-state index in [4.69, 9.17) is 4.52 Å². The Morgan fingerprint density at radius 3 is 3.00 bits per heavy atom. The van der Waals surface area contributed by atoms with Crippen molar-refractivity contribution in [2.45, 2.75) is 26.9 Å². The van der Waals surface area contributed by atoms with Gasteiger partial charge in [0, 0.05) is 19.2 Å². The summed E-state index contributed by atoms with van der Waals surface area (Å²) in [4.78, 5) is 14.0. The van der Waals surface area contributed by atoms with Gasteiger partial charge in [0.2, 0.25) is 11.8 Å². The van der Waals surface area contributed by atoms with Gasteiger partial charge < -0.3 is 9.09 Å². The summed E-state index contributed by atoms with van der Waals surface area (Å²) in [6.45, 7) is 6.27. The maximum absolute atomic E-state index is 11.9. The van der Waals surface area contributed by atoms with E-state index in [1.807, 2.05) is 11.8 Å². The number of carbonyl (C=O) groups is 1. The third kappa shape index (κ3) is 2.55. The molecule has 3 rings (SSSR count). The lowest BCUT2D eigenvalue weighted by Gasteiger charge is -2.26. The third-order valence-electron chi connectivity index (χ3n) is 3.28. The number of anilines is 1. The summed E-state index contributed by atoms with van der Waals surface area (Å²) in [6.07, 6.45) is 0. The molecule has 20 heavy (non-hydrogen) atoms. The van der Waals surface area contributed by atoms with Crippen molar-refractivity contribution >= 4 is 11.8 Å². The van der Waals surface area contributed by atoms with Crippen LogP contribution in [-0.2, 0) is 17.9 Å². The van der Waals surface area contributed by atoms with Crippen molar-refractivity contribution in [3.63, 3.8) is 0 Å². The van der Waals surface area contributed by atoms with E-state index in [-0.39, 0.29) is 5.91 Å². The lowest BCUT2D eigenvalue weighted by molar-refractivity contribution is -0.117. The van der Waals surface area contributed by atoms with Gasteiger partial charge in [-0.3, -0.25) is 15.0 Å². The Morgan fingerprint density at radius 2 is 2.25 bits per heavy atom. The van der Waals surface area contributed by atoms with Gasteiger partial charge in [-0.05, 0) is 13.8 Å². The van der Waals surface area contributed by atoms with Gasteiger partial charge in [0.05, 0.1) is 18.8 Å². The number of hydrogen-bond donors (Lipinski definition) is 1. The van der Waals surface area contributed by atoms with Crippen LogP contribution in [0, 0.1) is 13.8 Å². The van der Waals surface area contributed by atoms with Crippen LogP contribution in [0.1, 0.15) is 17.3 Å². The Morgan fingerprint density at radius 1 is 1.40 bits per heavy atom. The van der Waals surface area contributed by atoms with Gasteiger partial charge in [-0.2, -0.15) is 0 Å². The zero-order valence-electron chi connectivity index (χ0n) is 11.5. The highest BCUT2D eigenvalue weighted by Crippen LogP contribution is 2.12. The first-order valence-electron chi connectivity index (χ1n) is 6.46. The maximum atomic E-state index is 11.9. The molecule has 8 heteroatoms. The van der Waals surface area contributed by atoms with Gasteiger partial charge in [-0.25, -0.2) is 0 Å². The molecule has 1 N–H and O–H groups in total. The molecular formula is C12H16N6O2. The second-order valence-electron chi connectivity index (χ2n) is 4.91. The van der Waals surface area contributed by atoms with Gasteiger partial charge in [-0.15, -0.1) is 10.2 Å². The third-order valence-corrected chi connectivity index (χ3v) is 3.28. The number of nitrogens with one attached hydrogen (secondary N) is 1. The molecule has 1 aliphatic heterocycles. The van der Waals surface area contributed by atoms with Crippen LogP contribution >= 0.6 is 0 Å². The lowest BCUT2D eigenvalue weighted by atomic mass is 10.3. The minimum Gasteiger partial charge on any atom is -0.338 e. The summed E-state index contributed by atoms with van der Waals surface area (Å²) in [5.41, 5.74) is 0.738. The van der Waals surface area contributed by atoms with Crippen LogP contribution < -0.4 is 5.32 Å². The van der Waals surface area contributed by atoms with Crippen LogP contribution in [0.15, 0.2) is 10.6 Å². The zero-order chi connectivity index (χ0) is 14.1. The topological polar surface area (TPSA) is 89.1 Å². The molecule has 0 radical (unpaired) electrons. The van der Waals surface area contributed by atoms with Crippen LogP contribution in [0.25, 0.3) is 0 Å². The number of aromatic nitrogens is 4. The number of nitrogens with zero attached hydrogens (tertiary/aromatic N) is 5. The zero-order valence-corrected chi connectivity index (χ0v) is 11.5. The molecule has 1 aliphatic rings. The van der Waals surface area contributed by atoms with E-state index in [2.05, 4.69) is 25.2 Å². The van der Waals surface area contributed by atoms with Crippen molar-refractivity contribution in [1.82, 2.24) is 24.8 Å². The van der Waals surface area contributed by atoms with Crippen molar-refractivity contribution in [3.8, 4) is 0 Å². The molecule has 0 saturated heterocycles. The van der Waals surface area contributed by atoms with E-state index < -0.39 is 0 Å². The Labute approximate surface area is 115 Å². The predicted molar refractivity (Wildman–Crippen MR) is 69.9 cm³/mol. The molecule has 0 atom stereocenters. The van der Waals surface area contributed by atoms with Crippen molar-refractivity contribution in [2.24, 2.45) is 0 Å². The Balaban J connectivity index is 1.58. The fourth-order valence-electron chi connectivity index (χ4n) is 2.29. The highest BCUT2D eigenvalue weighted by Gasteiger charge is 2.21. The molecule has 2 aromatic rings. The average Bonchev–Trinajstić information content (AvgIpc) is 2.96. The average molecular weight is 276 g/mol. The van der Waals surface area contributed by atoms with E-state index >= 15 is 0 Å². The van der Waals surface area contributed by atoms with Crippen molar-refractivity contribution in [2.75, 3.05) is 18.4 Å². The highest BCUT2D eigenvalue weighted by molar-refractivity contribution is 5.90. The largest absolute Gasteiger partial charge is 0.338 e. The molecule has 3 heterocycles. The molecule has 0 bridgehead atoms. The smallest absolute Gasteiger partial charge is 0.240 e. The van der Waals surface area contributed by atoms with E-state index in [0.29, 0.717) is 19.0 Å². The molecule has 0 aromatic carbocycles. The molecule has 0 spiro atoms. The minimum atomic E-state index is -0.120. The number of hydrogen-bond acceptors (Lipinski definition) is 6. The number of amides is 1. The van der Waals surface area contributed by atoms with Crippen LogP contribution in [0.2, 0.25) is 0 Å². The first kappa shape index (κ1) is 12.8. The fourth-order valence-corrected chi connectivity index (χ4v) is 2.29. The quantitative estimate of drug-likeness (QED) is 0.869. The van der Waals surface area contributed by atoms with E-state index in [1.165, 1.54) is 0 Å². The number of carbonyl (C=O) groups excluding carboxylic acids is 1. The maximum Gasteiger partial charge on any atom is 0.240 e. The summed E-state index contributed by atoms with van der Waals surface area (Å²) >= 11 is 0. The van der Waals surface area contributed by atoms with E-state index in [0.717, 1.165) is 30.4 Å². The lowest BCUT2D eigenvalue weighted by Crippen LogP contribution is -2.39. The van der Waals surface area contributed by atoms with Crippen molar-refractivity contribution in [3.05, 3.63) is 23.4 Å². The number of aryl methyl sites for hydroxylation is 2. The molecule has 8 nitrogen and oxygen atoms in total. The van der Waals surface area contributed by atoms with Crippen LogP contribution in [-0.4, -0.2) is 43.8 Å². The summed E-state index contributed by atoms with van der Waals surface area (Å²) in [6, 6.07) is 1.69. The minimum absolute atomic E-state index is 0.120. The second kappa shape index (κ2) is 5.04. The number of fused-ring (bicyclic) bond motifs is 1. The molecule has 0 unspecified atom stereocenters. The first-order valence-corrected chi connectivity index (χ1v) is 6.46. The standard InChI is InChI=1S/C12H16N6O2/c1-8-5-12(20-16-8)13-11(19)7-17-3-4-18-9(2)14-15-10(18)6-17/h5H,3-4,6-7H2,1-2H3,(H,13,19). The molecule has 0 aliphatic carbocycles. The monoisotopic (exact) mass is 276 g/mol. The van der Waals surface area contributed by atoms with Crippen molar-refractivity contribution < 1.29 is 9.32 Å². The second-order valence-corrected chi connectivity index (χ2v) is 4.91. The van der Waals surface area contributed by atoms with Gasteiger partial charge in [0.25, 0.3) is 0 Å². The van der Waals surface area contributed by atoms with Crippen molar-refractivity contribution in [1.29, 1.82) is 0 Å². The van der Waals surface area contributed by atoms with Gasteiger partial charge in [0.1, 0.15) is 11.6 Å². The highest BCUT2D eigenvalue weighted by atomic mass is 16.5. The Bertz CT molecular complexity index is 632. The Hall–Kier alpha value is -2.22. The van der Waals surface area contributed by atoms with E-state index in [1.54, 1.807) is 13.0 Å². The summed E-state index contributed by atoms with van der Waals surface area (Å²) in [7, 11) is 0. The van der Waals surface area contributed by atoms with E-state index in [9.17, 15) is 4.79 Å². The van der Waals surface area contributed by atoms with Gasteiger partial charge >= 0.3 is 0 Å². The summed E-state index contributed by atoms with van der Waals surface area (Å²) in [5, 5.41) is 14.6. The SMILES string of the molecule is Cc1cc(NC(=O)CN2CCn3c(C)nnc3C2)on1. The first-order chi connectivity index (χ1) is 9.61. The molecule has 1 amide bonds.